The molecule has 1 aromatic heterocycles. The maximum Gasteiger partial charge on any atom is 0.140 e. The minimum absolute atomic E-state index is 0.199. The summed E-state index contributed by atoms with van der Waals surface area (Å²) in [6.45, 7) is 0. The number of halogens is 2. The molecule has 0 saturated heterocycles. The van der Waals surface area contributed by atoms with Gasteiger partial charge in [0.15, 0.2) is 0 Å². The van der Waals surface area contributed by atoms with E-state index < -0.39 is 0 Å². The number of fused-ring (bicyclic) bond motifs is 1. The lowest BCUT2D eigenvalue weighted by Gasteiger charge is -2.51. The van der Waals surface area contributed by atoms with Crippen LogP contribution in [0.2, 0.25) is 0 Å². The molecule has 4 heteroatoms. The van der Waals surface area contributed by atoms with Crippen LogP contribution in [0.15, 0.2) is 59.2 Å². The van der Waals surface area contributed by atoms with E-state index in [1.54, 1.807) is 12.1 Å². The maximum atomic E-state index is 13.8. The summed E-state index contributed by atoms with van der Waals surface area (Å²) < 4.78 is 14.8. The Morgan fingerprint density at radius 2 is 1.80 bits per heavy atom. The van der Waals surface area contributed by atoms with E-state index in [2.05, 4.69) is 27.0 Å². The molecule has 2 saturated carbocycles. The molecule has 5 rings (SSSR count). The Balaban J connectivity index is 1.21. The molecule has 2 aliphatic carbocycles. The summed E-state index contributed by atoms with van der Waals surface area (Å²) >= 11 is 3.44. The van der Waals surface area contributed by atoms with E-state index >= 15 is 0 Å². The number of hydrogen-bond acceptors (Lipinski definition) is 2. The van der Waals surface area contributed by atoms with E-state index in [9.17, 15) is 9.18 Å². The molecule has 2 aliphatic rings. The van der Waals surface area contributed by atoms with Gasteiger partial charge >= 0.3 is 0 Å². The quantitative estimate of drug-likeness (QED) is 0.414. The first kappa shape index (κ1) is 19.9. The van der Waals surface area contributed by atoms with Crippen LogP contribution >= 0.6 is 15.9 Å². The van der Waals surface area contributed by atoms with Crippen LogP contribution in [0.3, 0.4) is 0 Å². The fourth-order valence-corrected chi connectivity index (χ4v) is 5.87. The van der Waals surface area contributed by atoms with Gasteiger partial charge in [-0.2, -0.15) is 0 Å². The number of Topliss-reactive ketones (excluding diaryl/α,β-unsaturated/α-hetero) is 1. The van der Waals surface area contributed by atoms with E-state index in [-0.39, 0.29) is 11.7 Å². The maximum absolute atomic E-state index is 13.8. The van der Waals surface area contributed by atoms with Gasteiger partial charge in [-0.3, -0.25) is 9.78 Å². The predicted molar refractivity (Wildman–Crippen MR) is 121 cm³/mol. The third kappa shape index (κ3) is 3.82. The molecular weight excluding hydrogens is 441 g/mol. The van der Waals surface area contributed by atoms with E-state index in [1.807, 2.05) is 30.5 Å². The summed E-state index contributed by atoms with van der Waals surface area (Å²) in [4.78, 5) is 17.1. The first-order valence-corrected chi connectivity index (χ1v) is 11.6. The van der Waals surface area contributed by atoms with Gasteiger partial charge in [0.25, 0.3) is 0 Å². The average molecular weight is 466 g/mol. The summed E-state index contributed by atoms with van der Waals surface area (Å²) in [5, 5.41) is 0.953. The highest BCUT2D eigenvalue weighted by Crippen LogP contribution is 2.57. The SMILES string of the molecule is O=C(Cc1ccc(Br)cc1)C1CC2(CCC(c3ccnc4ccc(F)cc34)CC2)C1. The standard InChI is InChI=1S/C26H25BrFNO/c27-20-3-1-17(2-4-20)13-25(30)19-15-26(16-19)10-7-18(8-11-26)22-9-12-29-24-6-5-21(28)14-23(22)24/h1-6,9,12,14,18-19H,7-8,10-11,13,15-16H2. The largest absolute Gasteiger partial charge is 0.299 e. The molecule has 30 heavy (non-hydrogen) atoms. The molecule has 0 amide bonds. The Labute approximate surface area is 185 Å². The van der Waals surface area contributed by atoms with Gasteiger partial charge in [0.05, 0.1) is 5.52 Å². The van der Waals surface area contributed by atoms with Crippen molar-refractivity contribution in [2.45, 2.75) is 50.9 Å². The summed E-state index contributed by atoms with van der Waals surface area (Å²) in [5.41, 5.74) is 3.56. The van der Waals surface area contributed by atoms with Gasteiger partial charge in [0.1, 0.15) is 11.6 Å². The van der Waals surface area contributed by atoms with Gasteiger partial charge in [-0.25, -0.2) is 4.39 Å². The number of benzene rings is 2. The van der Waals surface area contributed by atoms with Crippen molar-refractivity contribution < 1.29 is 9.18 Å². The van der Waals surface area contributed by atoms with Crippen LogP contribution in [0.5, 0.6) is 0 Å². The lowest BCUT2D eigenvalue weighted by molar-refractivity contribution is -0.131. The molecule has 0 radical (unpaired) electrons. The lowest BCUT2D eigenvalue weighted by atomic mass is 9.53. The fourth-order valence-electron chi connectivity index (χ4n) is 5.61. The molecular formula is C26H25BrFNO. The van der Waals surface area contributed by atoms with Crippen LogP contribution in [0.1, 0.15) is 55.6 Å². The Bertz CT molecular complexity index is 1080. The molecule has 3 aromatic rings. The van der Waals surface area contributed by atoms with Crippen molar-refractivity contribution in [2.24, 2.45) is 11.3 Å². The zero-order valence-corrected chi connectivity index (χ0v) is 18.5. The number of pyridine rings is 1. The van der Waals surface area contributed by atoms with Gasteiger partial charge in [-0.05, 0) is 97.4 Å². The number of aromatic nitrogens is 1. The molecule has 0 aliphatic heterocycles. The number of hydrogen-bond donors (Lipinski definition) is 0. The van der Waals surface area contributed by atoms with Gasteiger partial charge in [-0.15, -0.1) is 0 Å². The highest BCUT2D eigenvalue weighted by atomic mass is 79.9. The second-order valence-electron chi connectivity index (χ2n) is 9.21. The Morgan fingerprint density at radius 3 is 2.53 bits per heavy atom. The minimum atomic E-state index is -0.199. The van der Waals surface area contributed by atoms with E-state index in [0.29, 0.717) is 23.5 Å². The average Bonchev–Trinajstić information content (AvgIpc) is 2.73. The molecule has 0 N–H and O–H groups in total. The van der Waals surface area contributed by atoms with Gasteiger partial charge in [-0.1, -0.05) is 28.1 Å². The zero-order valence-electron chi connectivity index (χ0n) is 16.9. The van der Waals surface area contributed by atoms with Crippen LogP contribution in [-0.4, -0.2) is 10.8 Å². The zero-order chi connectivity index (χ0) is 20.7. The number of carbonyl (C=O) groups excluding carboxylic acids is 1. The van der Waals surface area contributed by atoms with Gasteiger partial charge < -0.3 is 0 Å². The molecule has 2 nitrogen and oxygen atoms in total. The van der Waals surface area contributed by atoms with Crippen molar-refractivity contribution in [3.05, 3.63) is 76.1 Å². The monoisotopic (exact) mass is 465 g/mol. The summed E-state index contributed by atoms with van der Waals surface area (Å²) in [5.74, 6) is 0.873. The normalized spacial score (nSPS) is 25.9. The minimum Gasteiger partial charge on any atom is -0.299 e. The van der Waals surface area contributed by atoms with Crippen LogP contribution in [0.25, 0.3) is 10.9 Å². The van der Waals surface area contributed by atoms with Crippen molar-refractivity contribution in [3.8, 4) is 0 Å². The first-order chi connectivity index (χ1) is 14.5. The smallest absolute Gasteiger partial charge is 0.140 e. The number of ketones is 1. The number of nitrogens with zero attached hydrogens (tertiary/aromatic N) is 1. The summed E-state index contributed by atoms with van der Waals surface area (Å²) in [6.07, 6.45) is 9.04. The molecule has 1 spiro atoms. The lowest BCUT2D eigenvalue weighted by Crippen LogP contribution is -2.43. The second kappa shape index (κ2) is 7.88. The Hall–Kier alpha value is -2.07. The predicted octanol–water partition coefficient (Wildman–Crippen LogP) is 7.00. The van der Waals surface area contributed by atoms with E-state index in [0.717, 1.165) is 46.6 Å². The topological polar surface area (TPSA) is 30.0 Å². The fraction of sp³-hybridized carbons (Fsp3) is 0.385. The molecule has 0 atom stereocenters. The van der Waals surface area contributed by atoms with Crippen LogP contribution in [0, 0.1) is 17.2 Å². The molecule has 2 fully saturated rings. The van der Waals surface area contributed by atoms with Crippen LogP contribution < -0.4 is 0 Å². The molecule has 1 heterocycles. The van der Waals surface area contributed by atoms with Crippen LogP contribution in [-0.2, 0) is 11.2 Å². The first-order valence-electron chi connectivity index (χ1n) is 10.8. The van der Waals surface area contributed by atoms with E-state index in [4.69, 9.17) is 0 Å². The van der Waals surface area contributed by atoms with Crippen molar-refractivity contribution in [1.29, 1.82) is 0 Å². The van der Waals surface area contributed by atoms with Gasteiger partial charge in [0, 0.05) is 28.4 Å². The van der Waals surface area contributed by atoms with Crippen molar-refractivity contribution in [1.82, 2.24) is 4.98 Å². The van der Waals surface area contributed by atoms with Crippen molar-refractivity contribution >= 4 is 32.6 Å². The summed E-state index contributed by atoms with van der Waals surface area (Å²) in [6, 6.07) is 15.0. The molecule has 2 aromatic carbocycles. The van der Waals surface area contributed by atoms with Crippen molar-refractivity contribution in [2.75, 3.05) is 0 Å². The number of rotatable bonds is 4. The van der Waals surface area contributed by atoms with Crippen molar-refractivity contribution in [3.63, 3.8) is 0 Å². The Kier molecular flexibility index (Phi) is 5.22. The molecule has 0 bridgehead atoms. The summed E-state index contributed by atoms with van der Waals surface area (Å²) in [7, 11) is 0. The molecule has 154 valence electrons. The highest BCUT2D eigenvalue weighted by Gasteiger charge is 2.48. The van der Waals surface area contributed by atoms with Crippen LogP contribution in [0.4, 0.5) is 4.39 Å². The Morgan fingerprint density at radius 1 is 1.07 bits per heavy atom. The third-order valence-corrected chi connectivity index (χ3v) is 7.86. The van der Waals surface area contributed by atoms with Gasteiger partial charge in [0.2, 0.25) is 0 Å². The number of carbonyl (C=O) groups is 1. The van der Waals surface area contributed by atoms with E-state index in [1.165, 1.54) is 24.5 Å². The second-order valence-corrected chi connectivity index (χ2v) is 10.1. The highest BCUT2D eigenvalue weighted by molar-refractivity contribution is 9.10. The third-order valence-electron chi connectivity index (χ3n) is 7.33. The molecule has 0 unspecified atom stereocenters.